The molecule has 4 heteroatoms. The molecule has 0 fully saturated rings. The fourth-order valence-corrected chi connectivity index (χ4v) is 5.16. The fraction of sp³-hybridized carbons (Fsp3) is 0.0714. The van der Waals surface area contributed by atoms with Crippen LogP contribution in [0.25, 0.3) is 16.7 Å². The van der Waals surface area contributed by atoms with E-state index in [1.807, 2.05) is 0 Å². The van der Waals surface area contributed by atoms with E-state index in [9.17, 15) is 0 Å². The van der Waals surface area contributed by atoms with E-state index in [0.29, 0.717) is 15.5 Å². The number of nitrogens with zero attached hydrogens (tertiary/aromatic N) is 2. The van der Waals surface area contributed by atoms with Gasteiger partial charge in [-0.25, -0.2) is 0 Å². The summed E-state index contributed by atoms with van der Waals surface area (Å²) in [6.45, 7) is 0. The van der Waals surface area contributed by atoms with Crippen LogP contribution in [0.3, 0.4) is 0 Å². The third-order valence-corrected chi connectivity index (χ3v) is 5.77. The van der Waals surface area contributed by atoms with Gasteiger partial charge in [-0.05, 0) is 0 Å². The van der Waals surface area contributed by atoms with Crippen molar-refractivity contribution in [2.75, 3.05) is 0 Å². The third-order valence-electron chi connectivity index (χ3n) is 2.97. The zero-order valence-corrected chi connectivity index (χ0v) is 13.4. The van der Waals surface area contributed by atoms with Gasteiger partial charge in [0.25, 0.3) is 0 Å². The van der Waals surface area contributed by atoms with Crippen LogP contribution < -0.4 is 0 Å². The van der Waals surface area contributed by atoms with Crippen molar-refractivity contribution in [3.05, 3.63) is 58.2 Å². The molecule has 0 bridgehead atoms. The summed E-state index contributed by atoms with van der Waals surface area (Å²) in [4.78, 5) is 0. The normalized spacial score (nSPS) is 13.1. The van der Waals surface area contributed by atoms with E-state index in [1.54, 1.807) is 0 Å². The molecule has 0 atom stereocenters. The molecular weight excluding hydrogens is 431 g/mol. The van der Waals surface area contributed by atoms with Crippen molar-refractivity contribution in [2.45, 2.75) is 0 Å². The van der Waals surface area contributed by atoms with Gasteiger partial charge >= 0.3 is 126 Å². The van der Waals surface area contributed by atoms with Crippen molar-refractivity contribution >= 4 is 30.1 Å². The summed E-state index contributed by atoms with van der Waals surface area (Å²) in [6, 6.07) is 19.1. The SMILES string of the molecule is Cn1[c](=[Ag][I])n(-c2ccccc2)c2ccccc21. The molecule has 1 heterocycles. The van der Waals surface area contributed by atoms with E-state index in [2.05, 4.69) is 89.8 Å². The quantitative estimate of drug-likeness (QED) is 0.399. The molecule has 0 aliphatic heterocycles. The van der Waals surface area contributed by atoms with E-state index >= 15 is 0 Å². The Morgan fingerprint density at radius 1 is 0.889 bits per heavy atom. The number of halogens is 1. The van der Waals surface area contributed by atoms with Gasteiger partial charge in [-0.1, -0.05) is 0 Å². The van der Waals surface area contributed by atoms with Crippen LogP contribution in [0.1, 0.15) is 0 Å². The van der Waals surface area contributed by atoms with E-state index in [4.69, 9.17) is 0 Å². The van der Waals surface area contributed by atoms with Crippen LogP contribution in [-0.4, -0.2) is 9.13 Å². The molecule has 0 saturated heterocycles. The first-order valence-corrected chi connectivity index (χ1v) is 10.7. The molecule has 1 aromatic heterocycles. The fourth-order valence-electron chi connectivity index (χ4n) is 2.14. The second kappa shape index (κ2) is 5.17. The molecule has 2 nitrogen and oxygen atoms in total. The molecular formula is C14H12AgIN2. The molecule has 3 rings (SSSR count). The summed E-state index contributed by atoms with van der Waals surface area (Å²) in [5, 5.41) is 0. The van der Waals surface area contributed by atoms with E-state index in [1.165, 1.54) is 20.4 Å². The molecule has 0 saturated carbocycles. The van der Waals surface area contributed by atoms with E-state index in [-0.39, 0.29) is 0 Å². The number of hydrogen-bond donors (Lipinski definition) is 0. The number of aryl methyl sites for hydroxylation is 1. The Labute approximate surface area is 125 Å². The first kappa shape index (κ1) is 12.4. The number of aromatic nitrogens is 2. The molecule has 3 aromatic rings. The van der Waals surface area contributed by atoms with Crippen molar-refractivity contribution in [1.29, 1.82) is 0 Å². The summed E-state index contributed by atoms with van der Waals surface area (Å²) < 4.78 is 5.97. The molecule has 0 spiro atoms. The van der Waals surface area contributed by atoms with E-state index in [0.717, 1.165) is 0 Å². The second-order valence-electron chi connectivity index (χ2n) is 4.01. The molecule has 0 N–H and O–H groups in total. The molecule has 0 aliphatic rings. The predicted octanol–water partition coefficient (Wildman–Crippen LogP) is 3.93. The topological polar surface area (TPSA) is 9.86 Å². The molecule has 0 unspecified atom stereocenters. The van der Waals surface area contributed by atoms with Crippen LogP contribution in [0, 0.1) is 3.63 Å². The first-order chi connectivity index (χ1) is 8.83. The van der Waals surface area contributed by atoms with Gasteiger partial charge in [0.2, 0.25) is 0 Å². The number of imidazole rings is 1. The Morgan fingerprint density at radius 2 is 1.50 bits per heavy atom. The van der Waals surface area contributed by atoms with Gasteiger partial charge in [-0.2, -0.15) is 0 Å². The van der Waals surface area contributed by atoms with E-state index < -0.39 is 0 Å². The Kier molecular flexibility index (Phi) is 3.57. The molecule has 0 amide bonds. The summed E-state index contributed by atoms with van der Waals surface area (Å²) >= 11 is 3.17. The predicted molar refractivity (Wildman–Crippen MR) is 79.5 cm³/mol. The maximum absolute atomic E-state index is 2.45. The minimum atomic E-state index is 0.712. The number of rotatable bonds is 1. The van der Waals surface area contributed by atoms with Gasteiger partial charge < -0.3 is 0 Å². The van der Waals surface area contributed by atoms with Crippen LogP contribution >= 0.6 is 19.0 Å². The average Bonchev–Trinajstić information content (AvgIpc) is 2.73. The average molecular weight is 443 g/mol. The Balaban J connectivity index is 2.49. The van der Waals surface area contributed by atoms with Crippen molar-refractivity contribution in [3.8, 4) is 5.69 Å². The maximum atomic E-state index is 2.45. The number of hydrogen-bond acceptors (Lipinski definition) is 0. The number of benzene rings is 2. The standard InChI is InChI=1S/C14H12N2.Ag.HI/c1-15-11-16(12-7-3-2-4-8-12)14-10-6-5-9-13(14)15;;/h2-10H,1H3;;1H/q;+1;/p-1. The van der Waals surface area contributed by atoms with Gasteiger partial charge in [0, 0.05) is 0 Å². The van der Waals surface area contributed by atoms with Crippen LogP contribution in [0.2, 0.25) is 0 Å². The summed E-state index contributed by atoms with van der Waals surface area (Å²) in [7, 11) is 2.14. The number of para-hydroxylation sites is 3. The first-order valence-electron chi connectivity index (χ1n) is 5.57. The van der Waals surface area contributed by atoms with Gasteiger partial charge in [0.15, 0.2) is 0 Å². The van der Waals surface area contributed by atoms with Gasteiger partial charge in [0.05, 0.1) is 0 Å². The Morgan fingerprint density at radius 3 is 2.17 bits per heavy atom. The zero-order valence-electron chi connectivity index (χ0n) is 9.77. The molecule has 0 radical (unpaired) electrons. The van der Waals surface area contributed by atoms with Crippen LogP contribution in [0.5, 0.6) is 0 Å². The second-order valence-corrected chi connectivity index (χ2v) is 6.88. The van der Waals surface area contributed by atoms with Crippen molar-refractivity contribution in [2.24, 2.45) is 7.05 Å². The number of fused-ring (bicyclic) bond motifs is 1. The molecule has 96 valence electrons. The van der Waals surface area contributed by atoms with Crippen molar-refractivity contribution in [1.82, 2.24) is 9.13 Å². The summed E-state index contributed by atoms with van der Waals surface area (Å²) in [5.74, 6) is 0. The third kappa shape index (κ3) is 1.95. The molecule has 0 aliphatic carbocycles. The summed E-state index contributed by atoms with van der Waals surface area (Å²) in [5.41, 5.74) is 3.78. The van der Waals surface area contributed by atoms with Crippen LogP contribution in [0.4, 0.5) is 0 Å². The van der Waals surface area contributed by atoms with Gasteiger partial charge in [-0.15, -0.1) is 0 Å². The summed E-state index contributed by atoms with van der Waals surface area (Å²) in [6.07, 6.45) is 0. The monoisotopic (exact) mass is 442 g/mol. The Hall–Kier alpha value is -0.620. The van der Waals surface area contributed by atoms with Crippen molar-refractivity contribution < 1.29 is 15.5 Å². The minimum absolute atomic E-state index is 0.712. The van der Waals surface area contributed by atoms with Crippen LogP contribution in [-0.2, 0) is 22.5 Å². The van der Waals surface area contributed by atoms with Gasteiger partial charge in [0.1, 0.15) is 0 Å². The molecule has 18 heavy (non-hydrogen) atoms. The zero-order chi connectivity index (χ0) is 12.5. The van der Waals surface area contributed by atoms with Crippen molar-refractivity contribution in [3.63, 3.8) is 0 Å². The van der Waals surface area contributed by atoms with Crippen LogP contribution in [0.15, 0.2) is 54.6 Å². The van der Waals surface area contributed by atoms with Gasteiger partial charge in [-0.3, -0.25) is 0 Å². The molecule has 2 aromatic carbocycles. The Bertz CT molecular complexity index is 756.